The number of hydrogen-bond donors (Lipinski definition) is 1. The SMILES string of the molecule is CCCCC1=CCN2C(=C1)CC(C)=C(C)C=C2C1CCCC[C@@H](CCO)C1. The lowest BCUT2D eigenvalue weighted by Crippen LogP contribution is -2.29. The summed E-state index contributed by atoms with van der Waals surface area (Å²) in [5, 5.41) is 9.47. The van der Waals surface area contributed by atoms with E-state index < -0.39 is 0 Å². The second-order valence-corrected chi connectivity index (χ2v) is 8.93. The fourth-order valence-electron chi connectivity index (χ4n) is 5.00. The molecule has 2 atom stereocenters. The third-order valence-electron chi connectivity index (χ3n) is 6.84. The normalized spacial score (nSPS) is 26.7. The summed E-state index contributed by atoms with van der Waals surface area (Å²) in [6.07, 6.45) is 19.8. The van der Waals surface area contributed by atoms with Crippen LogP contribution in [0.5, 0.6) is 0 Å². The molecule has 0 radical (unpaired) electrons. The summed E-state index contributed by atoms with van der Waals surface area (Å²) in [5.74, 6) is 1.32. The highest BCUT2D eigenvalue weighted by atomic mass is 16.3. The van der Waals surface area contributed by atoms with Crippen LogP contribution in [0.2, 0.25) is 0 Å². The summed E-state index contributed by atoms with van der Waals surface area (Å²) < 4.78 is 0. The maximum Gasteiger partial charge on any atom is 0.0433 e. The average molecular weight is 370 g/mol. The summed E-state index contributed by atoms with van der Waals surface area (Å²) >= 11 is 0. The van der Waals surface area contributed by atoms with Crippen LogP contribution in [0.15, 0.2) is 46.3 Å². The van der Waals surface area contributed by atoms with E-state index in [-0.39, 0.29) is 0 Å². The Labute approximate surface area is 166 Å². The van der Waals surface area contributed by atoms with E-state index in [4.69, 9.17) is 0 Å². The minimum Gasteiger partial charge on any atom is -0.396 e. The third-order valence-corrected chi connectivity index (χ3v) is 6.84. The third kappa shape index (κ3) is 5.16. The number of rotatable bonds is 6. The molecule has 0 aromatic rings. The minimum atomic E-state index is 0.340. The first kappa shape index (κ1) is 20.5. The van der Waals surface area contributed by atoms with Crippen LogP contribution in [0.1, 0.15) is 85.0 Å². The van der Waals surface area contributed by atoms with Crippen LogP contribution >= 0.6 is 0 Å². The van der Waals surface area contributed by atoms with Crippen molar-refractivity contribution in [3.63, 3.8) is 0 Å². The molecule has 0 bridgehead atoms. The first-order valence-corrected chi connectivity index (χ1v) is 11.3. The van der Waals surface area contributed by atoms with Crippen LogP contribution in [0.3, 0.4) is 0 Å². The molecule has 0 saturated heterocycles. The van der Waals surface area contributed by atoms with Gasteiger partial charge in [0.1, 0.15) is 0 Å². The Morgan fingerprint density at radius 1 is 1.15 bits per heavy atom. The zero-order valence-electron chi connectivity index (χ0n) is 17.8. The van der Waals surface area contributed by atoms with Crippen molar-refractivity contribution in [2.24, 2.45) is 11.8 Å². The van der Waals surface area contributed by atoms with Crippen LogP contribution in [0, 0.1) is 11.8 Å². The van der Waals surface area contributed by atoms with Gasteiger partial charge in [0.2, 0.25) is 0 Å². The molecule has 2 heterocycles. The van der Waals surface area contributed by atoms with Crippen LogP contribution < -0.4 is 0 Å². The topological polar surface area (TPSA) is 23.5 Å². The van der Waals surface area contributed by atoms with Crippen molar-refractivity contribution in [3.05, 3.63) is 46.3 Å². The van der Waals surface area contributed by atoms with Gasteiger partial charge in [0.05, 0.1) is 0 Å². The molecular weight excluding hydrogens is 330 g/mol. The standard InChI is InChI=1S/C25H39NO/c1-4-5-8-21-11-13-26-24(18-21)15-19(2)20(3)16-25(26)23-10-7-6-9-22(17-23)12-14-27/h11,16,18,22-23,27H,4-10,12-15,17H2,1-3H3/t22-,23?/m0/s1. The van der Waals surface area contributed by atoms with Crippen LogP contribution in [-0.2, 0) is 0 Å². The fraction of sp³-hybridized carbons (Fsp3) is 0.680. The number of aliphatic hydroxyl groups is 1. The van der Waals surface area contributed by atoms with Gasteiger partial charge in [0.15, 0.2) is 0 Å². The molecule has 1 N–H and O–H groups in total. The van der Waals surface area contributed by atoms with Crippen molar-refractivity contribution >= 4 is 0 Å². The second kappa shape index (κ2) is 9.78. The minimum absolute atomic E-state index is 0.340. The van der Waals surface area contributed by atoms with Gasteiger partial charge in [-0.1, -0.05) is 49.8 Å². The Balaban J connectivity index is 1.86. The summed E-state index contributed by atoms with van der Waals surface area (Å²) in [4.78, 5) is 2.63. The zero-order chi connectivity index (χ0) is 19.2. The Kier molecular flexibility index (Phi) is 7.41. The van der Waals surface area contributed by atoms with Crippen molar-refractivity contribution in [1.29, 1.82) is 0 Å². The number of fused-ring (bicyclic) bond motifs is 1. The maximum absolute atomic E-state index is 9.47. The molecule has 27 heavy (non-hydrogen) atoms. The lowest BCUT2D eigenvalue weighted by atomic mass is 9.87. The summed E-state index contributed by atoms with van der Waals surface area (Å²) in [6.45, 7) is 8.26. The molecule has 150 valence electrons. The van der Waals surface area contributed by atoms with Crippen molar-refractivity contribution in [2.45, 2.75) is 85.0 Å². The van der Waals surface area contributed by atoms with Crippen molar-refractivity contribution < 1.29 is 5.11 Å². The Bertz CT molecular complexity index is 637. The number of hydrogen-bond acceptors (Lipinski definition) is 2. The van der Waals surface area contributed by atoms with Gasteiger partial charge in [0, 0.05) is 31.0 Å². The molecule has 0 aromatic heterocycles. The molecule has 2 nitrogen and oxygen atoms in total. The highest BCUT2D eigenvalue weighted by molar-refractivity contribution is 5.40. The molecule has 1 fully saturated rings. The zero-order valence-corrected chi connectivity index (χ0v) is 17.8. The van der Waals surface area contributed by atoms with E-state index in [1.54, 1.807) is 5.70 Å². The molecule has 3 aliphatic rings. The monoisotopic (exact) mass is 369 g/mol. The Morgan fingerprint density at radius 3 is 2.74 bits per heavy atom. The smallest absolute Gasteiger partial charge is 0.0433 e. The van der Waals surface area contributed by atoms with Gasteiger partial charge in [-0.2, -0.15) is 0 Å². The van der Waals surface area contributed by atoms with E-state index >= 15 is 0 Å². The summed E-state index contributed by atoms with van der Waals surface area (Å²) in [5.41, 5.74) is 7.56. The number of aliphatic hydroxyl groups excluding tert-OH is 1. The van der Waals surface area contributed by atoms with Gasteiger partial charge in [-0.25, -0.2) is 0 Å². The van der Waals surface area contributed by atoms with Crippen molar-refractivity contribution in [1.82, 2.24) is 4.90 Å². The molecule has 2 heteroatoms. The van der Waals surface area contributed by atoms with Crippen LogP contribution in [0.25, 0.3) is 0 Å². The van der Waals surface area contributed by atoms with Gasteiger partial charge in [-0.15, -0.1) is 0 Å². The average Bonchev–Trinajstić information content (AvgIpc) is 2.96. The van der Waals surface area contributed by atoms with E-state index in [2.05, 4.69) is 43.9 Å². The number of allylic oxidation sites excluding steroid dienone is 6. The van der Waals surface area contributed by atoms with Gasteiger partial charge in [-0.3, -0.25) is 0 Å². The van der Waals surface area contributed by atoms with E-state index in [0.29, 0.717) is 18.4 Å². The van der Waals surface area contributed by atoms with Gasteiger partial charge < -0.3 is 10.0 Å². The summed E-state index contributed by atoms with van der Waals surface area (Å²) in [7, 11) is 0. The quantitative estimate of drug-likeness (QED) is 0.540. The Morgan fingerprint density at radius 2 is 1.96 bits per heavy atom. The van der Waals surface area contributed by atoms with Crippen molar-refractivity contribution in [3.8, 4) is 0 Å². The molecule has 0 spiro atoms. The largest absolute Gasteiger partial charge is 0.396 e. The molecule has 1 saturated carbocycles. The first-order valence-electron chi connectivity index (χ1n) is 11.3. The molecule has 1 unspecified atom stereocenters. The first-order chi connectivity index (χ1) is 13.1. The maximum atomic E-state index is 9.47. The summed E-state index contributed by atoms with van der Waals surface area (Å²) in [6, 6.07) is 0. The molecule has 3 rings (SSSR count). The fourth-order valence-corrected chi connectivity index (χ4v) is 5.00. The van der Waals surface area contributed by atoms with E-state index in [0.717, 1.165) is 19.4 Å². The van der Waals surface area contributed by atoms with Crippen molar-refractivity contribution in [2.75, 3.05) is 13.2 Å². The molecule has 1 aliphatic carbocycles. The number of unbranched alkanes of at least 4 members (excludes halogenated alkanes) is 1. The van der Waals surface area contributed by atoms with Gasteiger partial charge in [-0.05, 0) is 75.5 Å². The predicted molar refractivity (Wildman–Crippen MR) is 115 cm³/mol. The van der Waals surface area contributed by atoms with E-state index in [9.17, 15) is 5.11 Å². The van der Waals surface area contributed by atoms with E-state index in [1.807, 2.05) is 0 Å². The molecule has 2 aliphatic heterocycles. The molecular formula is C25H39NO. The highest BCUT2D eigenvalue weighted by Crippen LogP contribution is 2.40. The number of nitrogens with zero attached hydrogens (tertiary/aromatic N) is 1. The van der Waals surface area contributed by atoms with Gasteiger partial charge >= 0.3 is 0 Å². The molecule has 0 amide bonds. The van der Waals surface area contributed by atoms with Crippen LogP contribution in [0.4, 0.5) is 0 Å². The lowest BCUT2D eigenvalue weighted by Gasteiger charge is -2.36. The van der Waals surface area contributed by atoms with E-state index in [1.165, 1.54) is 73.8 Å². The predicted octanol–water partition coefficient (Wildman–Crippen LogP) is 6.51. The van der Waals surface area contributed by atoms with Crippen LogP contribution in [-0.4, -0.2) is 23.2 Å². The lowest BCUT2D eigenvalue weighted by molar-refractivity contribution is 0.236. The molecule has 0 aromatic carbocycles. The Hall–Kier alpha value is -1.28. The highest BCUT2D eigenvalue weighted by Gasteiger charge is 2.29. The second-order valence-electron chi connectivity index (χ2n) is 8.93. The van der Waals surface area contributed by atoms with Gasteiger partial charge in [0.25, 0.3) is 0 Å².